The number of carbonyl (C=O) groups excluding carboxylic acids is 2. The molecule has 0 aromatic heterocycles. The highest BCUT2D eigenvalue weighted by Gasteiger charge is 2.35. The minimum atomic E-state index is -0.796. The van der Waals surface area contributed by atoms with Gasteiger partial charge in [0, 0.05) is 6.04 Å². The van der Waals surface area contributed by atoms with Crippen LogP contribution in [0.25, 0.3) is 0 Å². The number of anilines is 1. The van der Waals surface area contributed by atoms with Crippen LogP contribution < -0.4 is 10.2 Å². The van der Waals surface area contributed by atoms with Gasteiger partial charge in [-0.05, 0) is 30.9 Å². The number of nitrogens with one attached hydrogen (secondary N) is 1. The molecule has 1 aromatic carbocycles. The van der Waals surface area contributed by atoms with Gasteiger partial charge < -0.3 is 15.5 Å². The zero-order valence-corrected chi connectivity index (χ0v) is 14.9. The first kappa shape index (κ1) is 19.2. The number of nitrogens with zero attached hydrogens (tertiary/aromatic N) is 1. The lowest BCUT2D eigenvalue weighted by molar-refractivity contribution is -0.129. The third-order valence-corrected chi connectivity index (χ3v) is 4.68. The third kappa shape index (κ3) is 4.72. The fourth-order valence-electron chi connectivity index (χ4n) is 3.44. The molecule has 1 aliphatic carbocycles. The second kappa shape index (κ2) is 8.85. The molecule has 6 heteroatoms. The zero-order valence-electron chi connectivity index (χ0n) is 14.9. The van der Waals surface area contributed by atoms with E-state index in [1.807, 2.05) is 13.8 Å². The summed E-state index contributed by atoms with van der Waals surface area (Å²) in [5, 5.41) is 22.6. The quantitative estimate of drug-likeness (QED) is 0.735. The largest absolute Gasteiger partial charge is 0.506 e. The van der Waals surface area contributed by atoms with Crippen molar-refractivity contribution in [2.75, 3.05) is 11.5 Å². The number of phenolic OH excluding ortho intramolecular Hbond substituents is 1. The molecule has 0 bridgehead atoms. The van der Waals surface area contributed by atoms with Crippen molar-refractivity contribution in [3.8, 4) is 5.75 Å². The summed E-state index contributed by atoms with van der Waals surface area (Å²) in [6.07, 6.45) is 5.27. The highest BCUT2D eigenvalue weighted by atomic mass is 16.3. The lowest BCUT2D eigenvalue weighted by Crippen LogP contribution is -2.55. The molecule has 0 saturated heterocycles. The van der Waals surface area contributed by atoms with Gasteiger partial charge in [0.15, 0.2) is 0 Å². The predicted octanol–water partition coefficient (Wildman–Crippen LogP) is 2.19. The Kier molecular flexibility index (Phi) is 6.82. The number of aromatic hydroxyl groups is 1. The number of aliphatic hydroxyl groups is 1. The zero-order chi connectivity index (χ0) is 18.4. The molecule has 2 rings (SSSR count). The Balaban J connectivity index is 2.30. The van der Waals surface area contributed by atoms with Gasteiger partial charge in [-0.2, -0.15) is 0 Å². The summed E-state index contributed by atoms with van der Waals surface area (Å²) in [4.78, 5) is 26.5. The molecular weight excluding hydrogens is 320 g/mol. The average molecular weight is 348 g/mol. The van der Waals surface area contributed by atoms with Crippen molar-refractivity contribution in [3.05, 3.63) is 24.3 Å². The van der Waals surface area contributed by atoms with E-state index in [-0.39, 0.29) is 29.3 Å². The van der Waals surface area contributed by atoms with Crippen LogP contribution in [0.5, 0.6) is 5.75 Å². The number of benzene rings is 1. The molecule has 1 saturated carbocycles. The number of carbonyl (C=O) groups is 2. The van der Waals surface area contributed by atoms with Gasteiger partial charge in [0.2, 0.25) is 5.91 Å². The summed E-state index contributed by atoms with van der Waals surface area (Å²) in [5.74, 6) is -1.13. The van der Waals surface area contributed by atoms with E-state index in [1.54, 1.807) is 18.2 Å². The Morgan fingerprint density at radius 1 is 1.20 bits per heavy atom. The van der Waals surface area contributed by atoms with Gasteiger partial charge in [-0.1, -0.05) is 45.2 Å². The van der Waals surface area contributed by atoms with E-state index in [1.165, 1.54) is 17.4 Å². The van der Waals surface area contributed by atoms with Crippen LogP contribution in [0.1, 0.15) is 46.0 Å². The Bertz CT molecular complexity index is 597. The Morgan fingerprint density at radius 2 is 1.84 bits per heavy atom. The summed E-state index contributed by atoms with van der Waals surface area (Å²) >= 11 is 0. The fraction of sp³-hybridized carbons (Fsp3) is 0.579. The van der Waals surface area contributed by atoms with Gasteiger partial charge in [0.25, 0.3) is 5.91 Å². The molecule has 2 amide bonds. The van der Waals surface area contributed by atoms with E-state index in [9.17, 15) is 19.8 Å². The van der Waals surface area contributed by atoms with E-state index in [4.69, 9.17) is 0 Å². The smallest absolute Gasteiger partial charge is 0.253 e. The molecule has 1 fully saturated rings. The molecular formula is C19H28N2O4. The maximum Gasteiger partial charge on any atom is 0.253 e. The van der Waals surface area contributed by atoms with Crippen molar-refractivity contribution in [2.24, 2.45) is 5.92 Å². The average Bonchev–Trinajstić information content (AvgIpc) is 2.60. The number of phenols is 1. The predicted molar refractivity (Wildman–Crippen MR) is 96.3 cm³/mol. The molecule has 0 heterocycles. The Morgan fingerprint density at radius 3 is 2.40 bits per heavy atom. The van der Waals surface area contributed by atoms with Gasteiger partial charge in [0.1, 0.15) is 18.4 Å². The molecule has 0 spiro atoms. The molecule has 138 valence electrons. The molecule has 1 aromatic rings. The summed E-state index contributed by atoms with van der Waals surface area (Å²) < 4.78 is 0. The van der Waals surface area contributed by atoms with Crippen LogP contribution >= 0.6 is 0 Å². The topological polar surface area (TPSA) is 89.9 Å². The van der Waals surface area contributed by atoms with Crippen molar-refractivity contribution in [1.29, 1.82) is 0 Å². The van der Waals surface area contributed by atoms with Gasteiger partial charge in [-0.15, -0.1) is 0 Å². The van der Waals surface area contributed by atoms with Crippen molar-refractivity contribution in [1.82, 2.24) is 5.32 Å². The minimum absolute atomic E-state index is 0.0968. The van der Waals surface area contributed by atoms with Crippen LogP contribution in [0.3, 0.4) is 0 Å². The van der Waals surface area contributed by atoms with Crippen molar-refractivity contribution >= 4 is 17.5 Å². The lowest BCUT2D eigenvalue weighted by Gasteiger charge is -2.35. The van der Waals surface area contributed by atoms with E-state index in [0.717, 1.165) is 25.7 Å². The van der Waals surface area contributed by atoms with E-state index in [0.29, 0.717) is 0 Å². The van der Waals surface area contributed by atoms with Crippen LogP contribution in [0, 0.1) is 5.92 Å². The number of rotatable bonds is 6. The van der Waals surface area contributed by atoms with Gasteiger partial charge in [-0.3, -0.25) is 14.5 Å². The number of amides is 2. The normalized spacial score (nSPS) is 16.5. The van der Waals surface area contributed by atoms with Crippen LogP contribution in [0.2, 0.25) is 0 Å². The molecule has 25 heavy (non-hydrogen) atoms. The van der Waals surface area contributed by atoms with Crippen LogP contribution in [0.15, 0.2) is 24.3 Å². The summed E-state index contributed by atoms with van der Waals surface area (Å²) in [7, 11) is 0. The third-order valence-electron chi connectivity index (χ3n) is 4.68. The van der Waals surface area contributed by atoms with Gasteiger partial charge in [-0.25, -0.2) is 0 Å². The monoisotopic (exact) mass is 348 g/mol. The van der Waals surface area contributed by atoms with Crippen LogP contribution in [0.4, 0.5) is 5.69 Å². The number of hydrogen-bond donors (Lipinski definition) is 3. The van der Waals surface area contributed by atoms with E-state index in [2.05, 4.69) is 5.32 Å². The van der Waals surface area contributed by atoms with Gasteiger partial charge in [0.05, 0.1) is 5.69 Å². The molecule has 3 N–H and O–H groups in total. The SMILES string of the molecule is CC(C)C(C(=O)NC1CCCCC1)N(C(=O)CO)c1ccccc1O. The van der Waals surface area contributed by atoms with Crippen LogP contribution in [-0.4, -0.2) is 40.7 Å². The minimum Gasteiger partial charge on any atom is -0.506 e. The first-order chi connectivity index (χ1) is 12.0. The second-order valence-electron chi connectivity index (χ2n) is 6.94. The maximum atomic E-state index is 12.9. The first-order valence-corrected chi connectivity index (χ1v) is 8.97. The lowest BCUT2D eigenvalue weighted by atomic mass is 9.94. The Labute approximate surface area is 148 Å². The van der Waals surface area contributed by atoms with E-state index >= 15 is 0 Å². The van der Waals surface area contributed by atoms with Gasteiger partial charge >= 0.3 is 0 Å². The highest BCUT2D eigenvalue weighted by Crippen LogP contribution is 2.30. The summed E-state index contributed by atoms with van der Waals surface area (Å²) in [6.45, 7) is 2.97. The highest BCUT2D eigenvalue weighted by molar-refractivity contribution is 6.02. The molecule has 1 unspecified atom stereocenters. The fourth-order valence-corrected chi connectivity index (χ4v) is 3.44. The number of para-hydroxylation sites is 2. The van der Waals surface area contributed by atoms with Crippen LogP contribution in [-0.2, 0) is 9.59 Å². The number of aliphatic hydroxyl groups excluding tert-OH is 1. The molecule has 1 aliphatic rings. The molecule has 0 aliphatic heterocycles. The number of hydrogen-bond acceptors (Lipinski definition) is 4. The molecule has 0 radical (unpaired) electrons. The first-order valence-electron chi connectivity index (χ1n) is 8.97. The second-order valence-corrected chi connectivity index (χ2v) is 6.94. The maximum absolute atomic E-state index is 12.9. The summed E-state index contributed by atoms with van der Waals surface area (Å²) in [5.41, 5.74) is 0.235. The Hall–Kier alpha value is -2.08. The standard InChI is InChI=1S/C19H28N2O4/c1-13(2)18(19(25)20-14-8-4-3-5-9-14)21(17(24)12-22)15-10-6-7-11-16(15)23/h6-7,10-11,13-14,18,22-23H,3-5,8-9,12H2,1-2H3,(H,20,25). The van der Waals surface area contributed by atoms with Crippen molar-refractivity contribution < 1.29 is 19.8 Å². The molecule has 6 nitrogen and oxygen atoms in total. The summed E-state index contributed by atoms with van der Waals surface area (Å²) in [6, 6.07) is 5.69. The van der Waals surface area contributed by atoms with Crippen molar-refractivity contribution in [3.63, 3.8) is 0 Å². The van der Waals surface area contributed by atoms with Crippen molar-refractivity contribution in [2.45, 2.75) is 58.0 Å². The molecule has 1 atom stereocenters. The van der Waals surface area contributed by atoms with E-state index < -0.39 is 18.6 Å².